The Morgan fingerprint density at radius 2 is 2.25 bits per heavy atom. The van der Waals surface area contributed by atoms with E-state index in [9.17, 15) is 9.90 Å². The molecule has 0 fully saturated rings. The van der Waals surface area contributed by atoms with Gasteiger partial charge in [-0.1, -0.05) is 11.6 Å². The Morgan fingerprint density at radius 1 is 1.40 bits per heavy atom. The van der Waals surface area contributed by atoms with Gasteiger partial charge in [0.05, 0.1) is 12.7 Å². The number of carbonyl (C=O) groups excluding carboxylic acids is 1. The molecule has 0 radical (unpaired) electrons. The number of phenols is 1. The molecule has 2 rings (SSSR count). The Hall–Kier alpha value is -1.97. The average molecular weight is 275 g/mol. The van der Waals surface area contributed by atoms with Crippen molar-refractivity contribution >= 4 is 5.91 Å². The molecule has 0 aliphatic heterocycles. The maximum atomic E-state index is 12.0. The molecule has 1 aliphatic rings. The van der Waals surface area contributed by atoms with Crippen molar-refractivity contribution in [1.29, 1.82) is 0 Å². The fraction of sp³-hybridized carbons (Fsp3) is 0.438. The van der Waals surface area contributed by atoms with Crippen LogP contribution in [0, 0.1) is 0 Å². The van der Waals surface area contributed by atoms with Crippen LogP contribution in [0.4, 0.5) is 0 Å². The summed E-state index contributed by atoms with van der Waals surface area (Å²) < 4.78 is 4.99. The first-order chi connectivity index (χ1) is 9.70. The Balaban J connectivity index is 1.87. The number of rotatable bonds is 5. The van der Waals surface area contributed by atoms with Crippen molar-refractivity contribution in [3.63, 3.8) is 0 Å². The fourth-order valence-corrected chi connectivity index (χ4v) is 2.39. The summed E-state index contributed by atoms with van der Waals surface area (Å²) in [5, 5.41) is 12.6. The highest BCUT2D eigenvalue weighted by molar-refractivity contribution is 5.96. The van der Waals surface area contributed by atoms with Crippen LogP contribution in [0.15, 0.2) is 29.8 Å². The maximum Gasteiger partial charge on any atom is 0.255 e. The Labute approximate surface area is 119 Å². The molecule has 2 N–H and O–H groups in total. The summed E-state index contributed by atoms with van der Waals surface area (Å²) in [5.74, 6) is 0.228. The van der Waals surface area contributed by atoms with Crippen LogP contribution in [0.3, 0.4) is 0 Å². The molecule has 1 aromatic rings. The van der Waals surface area contributed by atoms with Gasteiger partial charge in [-0.15, -0.1) is 0 Å². The number of ether oxygens (including phenoxy) is 1. The van der Waals surface area contributed by atoms with Crippen molar-refractivity contribution < 1.29 is 14.6 Å². The molecular weight excluding hydrogens is 254 g/mol. The number of aromatic hydroxyl groups is 1. The highest BCUT2D eigenvalue weighted by Crippen LogP contribution is 2.23. The van der Waals surface area contributed by atoms with E-state index in [1.54, 1.807) is 12.1 Å². The van der Waals surface area contributed by atoms with Gasteiger partial charge in [0, 0.05) is 12.6 Å². The van der Waals surface area contributed by atoms with Crippen molar-refractivity contribution in [1.82, 2.24) is 5.32 Å². The molecule has 0 saturated heterocycles. The van der Waals surface area contributed by atoms with Crippen LogP contribution in [0.1, 0.15) is 42.5 Å². The van der Waals surface area contributed by atoms with E-state index in [2.05, 4.69) is 11.4 Å². The van der Waals surface area contributed by atoms with Gasteiger partial charge in [-0.3, -0.25) is 4.79 Å². The Morgan fingerprint density at radius 3 is 2.90 bits per heavy atom. The van der Waals surface area contributed by atoms with Crippen molar-refractivity contribution in [2.75, 3.05) is 13.7 Å². The summed E-state index contributed by atoms with van der Waals surface area (Å²) in [6.45, 7) is 0.607. The molecule has 0 aromatic heterocycles. The molecule has 20 heavy (non-hydrogen) atoms. The number of carbonyl (C=O) groups is 1. The van der Waals surface area contributed by atoms with Gasteiger partial charge in [0.25, 0.3) is 5.91 Å². The summed E-state index contributed by atoms with van der Waals surface area (Å²) in [4.78, 5) is 12.0. The molecule has 0 unspecified atom stereocenters. The molecule has 1 aromatic carbocycles. The molecule has 0 atom stereocenters. The number of amides is 1. The SMILES string of the molecule is COc1ccc(C(=O)NCCC2=CCCCC2)c(O)c1. The molecule has 0 bridgehead atoms. The second-order valence-electron chi connectivity index (χ2n) is 5.00. The van der Waals surface area contributed by atoms with E-state index < -0.39 is 0 Å². The van der Waals surface area contributed by atoms with Gasteiger partial charge >= 0.3 is 0 Å². The van der Waals surface area contributed by atoms with Crippen LogP contribution < -0.4 is 10.1 Å². The topological polar surface area (TPSA) is 58.6 Å². The van der Waals surface area contributed by atoms with Gasteiger partial charge in [-0.25, -0.2) is 0 Å². The van der Waals surface area contributed by atoms with Gasteiger partial charge in [0.1, 0.15) is 11.5 Å². The number of nitrogens with one attached hydrogen (secondary N) is 1. The molecule has 4 nitrogen and oxygen atoms in total. The number of phenolic OH excluding ortho intramolecular Hbond substituents is 1. The largest absolute Gasteiger partial charge is 0.507 e. The lowest BCUT2D eigenvalue weighted by molar-refractivity contribution is 0.0951. The summed E-state index contributed by atoms with van der Waals surface area (Å²) in [7, 11) is 1.52. The normalized spacial score (nSPS) is 14.6. The van der Waals surface area contributed by atoms with E-state index in [-0.39, 0.29) is 17.2 Å². The number of hydrogen-bond donors (Lipinski definition) is 2. The smallest absolute Gasteiger partial charge is 0.255 e. The minimum atomic E-state index is -0.249. The van der Waals surface area contributed by atoms with E-state index >= 15 is 0 Å². The third-order valence-corrected chi connectivity index (χ3v) is 3.57. The number of benzene rings is 1. The quantitative estimate of drug-likeness (QED) is 0.812. The van der Waals surface area contributed by atoms with Crippen molar-refractivity contribution in [3.8, 4) is 11.5 Å². The Kier molecular flexibility index (Phi) is 5.04. The van der Waals surface area contributed by atoms with Crippen molar-refractivity contribution in [3.05, 3.63) is 35.4 Å². The number of allylic oxidation sites excluding steroid dienone is 1. The van der Waals surface area contributed by atoms with Crippen LogP contribution >= 0.6 is 0 Å². The van der Waals surface area contributed by atoms with E-state index in [0.29, 0.717) is 12.3 Å². The first-order valence-electron chi connectivity index (χ1n) is 7.04. The first kappa shape index (κ1) is 14.4. The van der Waals surface area contributed by atoms with Gasteiger partial charge < -0.3 is 15.2 Å². The highest BCUT2D eigenvalue weighted by atomic mass is 16.5. The van der Waals surface area contributed by atoms with E-state index in [0.717, 1.165) is 19.3 Å². The van der Waals surface area contributed by atoms with E-state index in [1.165, 1.54) is 31.6 Å². The van der Waals surface area contributed by atoms with Crippen LogP contribution in [0.5, 0.6) is 11.5 Å². The zero-order valence-electron chi connectivity index (χ0n) is 11.8. The van der Waals surface area contributed by atoms with E-state index in [4.69, 9.17) is 4.74 Å². The summed E-state index contributed by atoms with van der Waals surface area (Å²) >= 11 is 0. The summed E-state index contributed by atoms with van der Waals surface area (Å²) in [6.07, 6.45) is 7.99. The zero-order chi connectivity index (χ0) is 14.4. The Bertz CT molecular complexity index is 508. The zero-order valence-corrected chi connectivity index (χ0v) is 11.8. The second kappa shape index (κ2) is 6.98. The summed E-state index contributed by atoms with van der Waals surface area (Å²) in [5.41, 5.74) is 1.71. The maximum absolute atomic E-state index is 12.0. The average Bonchev–Trinajstić information content (AvgIpc) is 2.48. The van der Waals surface area contributed by atoms with Crippen LogP contribution in [0.2, 0.25) is 0 Å². The van der Waals surface area contributed by atoms with Crippen molar-refractivity contribution in [2.24, 2.45) is 0 Å². The minimum absolute atomic E-state index is 0.0567. The van der Waals surface area contributed by atoms with Crippen LogP contribution in [0.25, 0.3) is 0 Å². The third-order valence-electron chi connectivity index (χ3n) is 3.57. The monoisotopic (exact) mass is 275 g/mol. The molecule has 1 aliphatic carbocycles. The van der Waals surface area contributed by atoms with Gasteiger partial charge in [-0.2, -0.15) is 0 Å². The number of hydrogen-bond acceptors (Lipinski definition) is 3. The lowest BCUT2D eigenvalue weighted by Crippen LogP contribution is -2.25. The predicted molar refractivity (Wildman–Crippen MR) is 78.2 cm³/mol. The van der Waals surface area contributed by atoms with E-state index in [1.807, 2.05) is 0 Å². The van der Waals surface area contributed by atoms with Crippen LogP contribution in [-0.2, 0) is 0 Å². The molecule has 0 saturated carbocycles. The fourth-order valence-electron chi connectivity index (χ4n) is 2.39. The van der Waals surface area contributed by atoms with Gasteiger partial charge in [0.15, 0.2) is 0 Å². The molecule has 108 valence electrons. The van der Waals surface area contributed by atoms with Gasteiger partial charge in [0.2, 0.25) is 0 Å². The second-order valence-corrected chi connectivity index (χ2v) is 5.00. The minimum Gasteiger partial charge on any atom is -0.507 e. The predicted octanol–water partition coefficient (Wildman–Crippen LogP) is 3.02. The van der Waals surface area contributed by atoms with Crippen LogP contribution in [-0.4, -0.2) is 24.7 Å². The lowest BCUT2D eigenvalue weighted by Gasteiger charge is -2.13. The molecule has 0 heterocycles. The number of methoxy groups -OCH3 is 1. The van der Waals surface area contributed by atoms with Crippen molar-refractivity contribution in [2.45, 2.75) is 32.1 Å². The molecule has 4 heteroatoms. The van der Waals surface area contributed by atoms with Gasteiger partial charge in [-0.05, 0) is 44.2 Å². The summed E-state index contributed by atoms with van der Waals surface area (Å²) in [6, 6.07) is 4.68. The molecule has 0 spiro atoms. The standard InChI is InChI=1S/C16H21NO3/c1-20-13-7-8-14(15(18)11-13)16(19)17-10-9-12-5-3-2-4-6-12/h5,7-8,11,18H,2-4,6,9-10H2,1H3,(H,17,19). The lowest BCUT2D eigenvalue weighted by atomic mass is 9.97. The molecule has 1 amide bonds. The first-order valence-corrected chi connectivity index (χ1v) is 7.04. The third kappa shape index (κ3) is 3.76. The highest BCUT2D eigenvalue weighted by Gasteiger charge is 2.12. The molecular formula is C16H21NO3.